The standard InChI is InChI=1S/C23H32N4O.HI/c1-3-24-22(27-20-17-9-13-28-21(17)23(20)10-5-11-23)25-12-8-16-14-26-18-7-4-6-15(2)19(16)18;/h4,6-7,14,17,20-21,26H,3,5,8-13H2,1-2H3,(H2,24,25,27);1H. The van der Waals surface area contributed by atoms with Gasteiger partial charge in [-0.2, -0.15) is 0 Å². The zero-order chi connectivity index (χ0) is 19.1. The van der Waals surface area contributed by atoms with Crippen molar-refractivity contribution in [2.75, 3.05) is 19.7 Å². The Bertz CT molecular complexity index is 888. The van der Waals surface area contributed by atoms with Crippen molar-refractivity contribution < 1.29 is 4.74 Å². The highest BCUT2D eigenvalue weighted by Crippen LogP contribution is 2.62. The van der Waals surface area contributed by atoms with Crippen LogP contribution in [0.2, 0.25) is 0 Å². The van der Waals surface area contributed by atoms with Gasteiger partial charge in [-0.3, -0.25) is 4.99 Å². The van der Waals surface area contributed by atoms with Crippen LogP contribution in [0.4, 0.5) is 0 Å². The largest absolute Gasteiger partial charge is 0.377 e. The SMILES string of the molecule is CCNC(=NCCc1c[nH]c2cccc(C)c12)NC1C2CCOC2C12CCC2.I. The number of aliphatic imine (C=N–C) groups is 1. The van der Waals surface area contributed by atoms with Crippen LogP contribution in [0, 0.1) is 18.3 Å². The predicted molar refractivity (Wildman–Crippen MR) is 129 cm³/mol. The number of benzene rings is 1. The van der Waals surface area contributed by atoms with Crippen LogP contribution in [0.1, 0.15) is 43.7 Å². The molecule has 2 saturated carbocycles. The molecule has 1 aliphatic heterocycles. The van der Waals surface area contributed by atoms with Crippen LogP contribution in [-0.2, 0) is 11.2 Å². The Morgan fingerprint density at radius 1 is 1.34 bits per heavy atom. The summed E-state index contributed by atoms with van der Waals surface area (Å²) < 4.78 is 6.06. The number of halogens is 1. The summed E-state index contributed by atoms with van der Waals surface area (Å²) in [4.78, 5) is 8.32. The lowest BCUT2D eigenvalue weighted by Crippen LogP contribution is -2.72. The number of ether oxygens (including phenoxy) is 1. The Kier molecular flexibility index (Phi) is 6.11. The zero-order valence-corrected chi connectivity index (χ0v) is 19.8. The lowest BCUT2D eigenvalue weighted by molar-refractivity contribution is -0.171. The molecule has 1 spiro atoms. The van der Waals surface area contributed by atoms with Gasteiger partial charge in [0.2, 0.25) is 0 Å². The summed E-state index contributed by atoms with van der Waals surface area (Å²) in [5, 5.41) is 8.62. The smallest absolute Gasteiger partial charge is 0.191 e. The number of fused-ring (bicyclic) bond motifs is 3. The van der Waals surface area contributed by atoms with Gasteiger partial charge in [0.05, 0.1) is 6.10 Å². The first-order valence-corrected chi connectivity index (χ1v) is 10.9. The van der Waals surface area contributed by atoms with Crippen LogP contribution in [0.15, 0.2) is 29.4 Å². The van der Waals surface area contributed by atoms with Crippen molar-refractivity contribution >= 4 is 40.8 Å². The van der Waals surface area contributed by atoms with E-state index in [1.165, 1.54) is 47.7 Å². The van der Waals surface area contributed by atoms with E-state index < -0.39 is 0 Å². The van der Waals surface area contributed by atoms with Crippen LogP contribution in [0.25, 0.3) is 10.9 Å². The van der Waals surface area contributed by atoms with Crippen molar-refractivity contribution in [1.82, 2.24) is 15.6 Å². The summed E-state index contributed by atoms with van der Waals surface area (Å²) in [7, 11) is 0. The molecule has 1 aromatic heterocycles. The number of H-pyrrole nitrogens is 1. The highest BCUT2D eigenvalue weighted by Gasteiger charge is 2.66. The number of aromatic nitrogens is 1. The molecule has 0 radical (unpaired) electrons. The first kappa shape index (κ1) is 21.0. The van der Waals surface area contributed by atoms with E-state index in [0.29, 0.717) is 23.5 Å². The first-order valence-electron chi connectivity index (χ1n) is 10.9. The van der Waals surface area contributed by atoms with Crippen LogP contribution in [0.3, 0.4) is 0 Å². The number of guanidine groups is 1. The Labute approximate surface area is 190 Å². The molecule has 0 amide bonds. The Hall–Kier alpha value is -1.28. The molecule has 1 saturated heterocycles. The molecule has 3 atom stereocenters. The third-order valence-corrected chi connectivity index (χ3v) is 7.32. The van der Waals surface area contributed by atoms with Gasteiger partial charge >= 0.3 is 0 Å². The van der Waals surface area contributed by atoms with E-state index >= 15 is 0 Å². The minimum Gasteiger partial charge on any atom is -0.377 e. The van der Waals surface area contributed by atoms with Gasteiger partial charge in [0.15, 0.2) is 5.96 Å². The number of nitrogens with zero attached hydrogens (tertiary/aromatic N) is 1. The Morgan fingerprint density at radius 2 is 2.21 bits per heavy atom. The zero-order valence-electron chi connectivity index (χ0n) is 17.5. The number of hydrogen-bond donors (Lipinski definition) is 3. The van der Waals surface area contributed by atoms with Gasteiger partial charge in [0.25, 0.3) is 0 Å². The molecule has 5 nitrogen and oxygen atoms in total. The second kappa shape index (κ2) is 8.46. The van der Waals surface area contributed by atoms with Gasteiger partial charge in [0.1, 0.15) is 0 Å². The van der Waals surface area contributed by atoms with E-state index in [-0.39, 0.29) is 24.0 Å². The van der Waals surface area contributed by atoms with Crippen molar-refractivity contribution in [1.29, 1.82) is 0 Å². The fourth-order valence-corrected chi connectivity index (χ4v) is 5.86. The average molecular weight is 508 g/mol. The number of nitrogens with one attached hydrogen (secondary N) is 3. The Balaban J connectivity index is 0.00000205. The van der Waals surface area contributed by atoms with E-state index in [1.54, 1.807) is 0 Å². The topological polar surface area (TPSA) is 61.4 Å². The summed E-state index contributed by atoms with van der Waals surface area (Å²) >= 11 is 0. The highest BCUT2D eigenvalue weighted by atomic mass is 127. The summed E-state index contributed by atoms with van der Waals surface area (Å²) in [6, 6.07) is 6.97. The maximum absolute atomic E-state index is 6.06. The number of hydrogen-bond acceptors (Lipinski definition) is 2. The molecule has 29 heavy (non-hydrogen) atoms. The van der Waals surface area contributed by atoms with Crippen LogP contribution in [0.5, 0.6) is 0 Å². The van der Waals surface area contributed by atoms with E-state index in [4.69, 9.17) is 9.73 Å². The van der Waals surface area contributed by atoms with Crippen molar-refractivity contribution in [2.45, 2.75) is 58.1 Å². The van der Waals surface area contributed by atoms with Crippen LogP contribution >= 0.6 is 24.0 Å². The van der Waals surface area contributed by atoms with E-state index in [9.17, 15) is 0 Å². The van der Waals surface area contributed by atoms with Crippen LogP contribution < -0.4 is 10.6 Å². The highest BCUT2D eigenvalue weighted by molar-refractivity contribution is 14.0. The van der Waals surface area contributed by atoms with Crippen molar-refractivity contribution in [3.63, 3.8) is 0 Å². The number of aromatic amines is 1. The summed E-state index contributed by atoms with van der Waals surface area (Å²) in [6.45, 7) is 6.94. The number of aryl methyl sites for hydroxylation is 1. The minimum absolute atomic E-state index is 0. The third kappa shape index (κ3) is 3.46. The predicted octanol–water partition coefficient (Wildman–Crippen LogP) is 4.15. The molecule has 2 aromatic rings. The second-order valence-corrected chi connectivity index (χ2v) is 8.77. The van der Waals surface area contributed by atoms with Crippen molar-refractivity contribution in [3.05, 3.63) is 35.5 Å². The number of rotatable bonds is 5. The molecule has 6 heteroatoms. The second-order valence-electron chi connectivity index (χ2n) is 8.77. The molecular weight excluding hydrogens is 475 g/mol. The fraction of sp³-hybridized carbons (Fsp3) is 0.609. The van der Waals surface area contributed by atoms with E-state index in [1.807, 2.05) is 0 Å². The summed E-state index contributed by atoms with van der Waals surface area (Å²) in [5.41, 5.74) is 4.29. The van der Waals surface area contributed by atoms with Crippen molar-refractivity contribution in [2.24, 2.45) is 16.3 Å². The van der Waals surface area contributed by atoms with Gasteiger partial charge in [0, 0.05) is 54.2 Å². The molecule has 1 aromatic carbocycles. The van der Waals surface area contributed by atoms with E-state index in [0.717, 1.165) is 32.1 Å². The van der Waals surface area contributed by atoms with Gasteiger partial charge in [-0.15, -0.1) is 24.0 Å². The van der Waals surface area contributed by atoms with Gasteiger partial charge in [-0.05, 0) is 56.7 Å². The molecular formula is C23H33IN4O. The molecule has 3 unspecified atom stereocenters. The molecule has 3 fully saturated rings. The molecule has 158 valence electrons. The fourth-order valence-electron chi connectivity index (χ4n) is 5.86. The molecule has 2 heterocycles. The lowest BCUT2D eigenvalue weighted by Gasteiger charge is -2.63. The maximum atomic E-state index is 6.06. The first-order chi connectivity index (χ1) is 13.7. The Morgan fingerprint density at radius 3 is 2.97 bits per heavy atom. The van der Waals surface area contributed by atoms with E-state index in [2.05, 4.69) is 53.9 Å². The van der Waals surface area contributed by atoms with Crippen molar-refractivity contribution in [3.8, 4) is 0 Å². The molecule has 0 bridgehead atoms. The van der Waals surface area contributed by atoms with Gasteiger partial charge in [-0.1, -0.05) is 18.6 Å². The third-order valence-electron chi connectivity index (χ3n) is 7.32. The molecule has 3 N–H and O–H groups in total. The average Bonchev–Trinajstić information content (AvgIpc) is 3.25. The molecule has 2 aliphatic carbocycles. The quantitative estimate of drug-likeness (QED) is 0.323. The van der Waals surface area contributed by atoms with Crippen LogP contribution in [-0.4, -0.2) is 42.8 Å². The van der Waals surface area contributed by atoms with Gasteiger partial charge < -0.3 is 20.4 Å². The summed E-state index contributed by atoms with van der Waals surface area (Å²) in [5.74, 6) is 1.64. The van der Waals surface area contributed by atoms with Gasteiger partial charge in [-0.25, -0.2) is 0 Å². The normalized spacial score (nSPS) is 27.1. The summed E-state index contributed by atoms with van der Waals surface area (Å²) in [6.07, 6.45) is 8.74. The maximum Gasteiger partial charge on any atom is 0.191 e. The minimum atomic E-state index is 0. The monoisotopic (exact) mass is 508 g/mol. The molecule has 3 aliphatic rings. The molecule has 5 rings (SSSR count). The lowest BCUT2D eigenvalue weighted by atomic mass is 9.46.